The van der Waals surface area contributed by atoms with Gasteiger partial charge in [0.15, 0.2) is 0 Å². The van der Waals surface area contributed by atoms with Crippen molar-refractivity contribution in [3.63, 3.8) is 0 Å². The van der Waals surface area contributed by atoms with E-state index in [0.717, 1.165) is 19.3 Å². The topological polar surface area (TPSA) is 105 Å². The number of aliphatic hydroxyl groups is 1. The number of hydrogen-bond donors (Lipinski definition) is 3. The number of phosphoric acid groups is 1. The van der Waals surface area contributed by atoms with Crippen molar-refractivity contribution in [2.24, 2.45) is 0 Å². The van der Waals surface area contributed by atoms with Crippen LogP contribution in [0, 0.1) is 0 Å². The molecule has 0 aromatic rings. The van der Waals surface area contributed by atoms with Gasteiger partial charge in [-0.25, -0.2) is 4.57 Å². The predicted molar refractivity (Wildman–Crippen MR) is 134 cm³/mol. The van der Waals surface area contributed by atoms with Crippen LogP contribution in [0.25, 0.3) is 0 Å². The molecule has 0 fully saturated rings. The molecule has 0 aliphatic heterocycles. The summed E-state index contributed by atoms with van der Waals surface area (Å²) < 4.78 is 22.7. The highest BCUT2D eigenvalue weighted by Crippen LogP contribution is 2.43. The molecule has 9 heteroatoms. The van der Waals surface area contributed by atoms with Gasteiger partial charge in [0.2, 0.25) is 5.91 Å². The van der Waals surface area contributed by atoms with Gasteiger partial charge in [0.25, 0.3) is 0 Å². The standard InChI is InChI=1S/C24H49N2O6P/c1-6-7-8-9-10-11-12-13-14-15-16-17-18-24(28)23(25-22(2)27)21-32-33(29,30)31-20-19-26(3,4)5/h17-18,23-24,28H,6-16,19-21H2,1-5H3,(H-,25,27,29,30)/p+1/b18-17+. The predicted octanol–water partition coefficient (Wildman–Crippen LogP) is 4.56. The molecule has 0 bridgehead atoms. The number of amides is 1. The molecule has 0 radical (unpaired) electrons. The van der Waals surface area contributed by atoms with Crippen LogP contribution in [0.15, 0.2) is 12.2 Å². The molecule has 0 aliphatic rings. The van der Waals surface area contributed by atoms with Gasteiger partial charge >= 0.3 is 7.82 Å². The van der Waals surface area contributed by atoms with Crippen molar-refractivity contribution in [2.45, 2.75) is 96.6 Å². The Morgan fingerprint density at radius 2 is 1.55 bits per heavy atom. The van der Waals surface area contributed by atoms with Crippen molar-refractivity contribution in [3.05, 3.63) is 12.2 Å². The number of carbonyl (C=O) groups excluding carboxylic acids is 1. The number of unbranched alkanes of at least 4 members (excludes halogenated alkanes) is 10. The summed E-state index contributed by atoms with van der Waals surface area (Å²) in [6, 6.07) is -0.839. The van der Waals surface area contributed by atoms with Crippen LogP contribution in [-0.4, -0.2) is 73.4 Å². The average Bonchev–Trinajstić information content (AvgIpc) is 2.70. The maximum absolute atomic E-state index is 12.1. The molecule has 196 valence electrons. The number of nitrogens with one attached hydrogen (secondary N) is 1. The van der Waals surface area contributed by atoms with Crippen LogP contribution in [0.1, 0.15) is 84.5 Å². The van der Waals surface area contributed by atoms with E-state index in [1.54, 1.807) is 6.08 Å². The van der Waals surface area contributed by atoms with E-state index in [2.05, 4.69) is 12.2 Å². The molecule has 0 aromatic carbocycles. The maximum atomic E-state index is 12.1. The number of allylic oxidation sites excluding steroid dienone is 1. The fraction of sp³-hybridized carbons (Fsp3) is 0.875. The molecule has 1 amide bonds. The molecular weight excluding hydrogens is 443 g/mol. The average molecular weight is 494 g/mol. The summed E-state index contributed by atoms with van der Waals surface area (Å²) in [7, 11) is 1.56. The smallest absolute Gasteiger partial charge is 0.387 e. The van der Waals surface area contributed by atoms with Crippen molar-refractivity contribution in [1.29, 1.82) is 0 Å². The van der Waals surface area contributed by atoms with E-state index in [4.69, 9.17) is 9.05 Å². The van der Waals surface area contributed by atoms with Gasteiger partial charge in [-0.15, -0.1) is 0 Å². The summed E-state index contributed by atoms with van der Waals surface area (Å²) in [4.78, 5) is 21.3. The Labute approximate surface area is 201 Å². The van der Waals surface area contributed by atoms with E-state index in [1.165, 1.54) is 58.3 Å². The first-order valence-corrected chi connectivity index (χ1v) is 14.0. The molecule has 0 rings (SSSR count). The number of quaternary nitrogens is 1. The lowest BCUT2D eigenvalue weighted by atomic mass is 10.1. The van der Waals surface area contributed by atoms with Gasteiger partial charge < -0.3 is 19.8 Å². The molecule has 0 aliphatic carbocycles. The fourth-order valence-electron chi connectivity index (χ4n) is 3.25. The van der Waals surface area contributed by atoms with Gasteiger partial charge in [-0.2, -0.15) is 0 Å². The Kier molecular flexibility index (Phi) is 18.1. The number of hydrogen-bond acceptors (Lipinski definition) is 5. The van der Waals surface area contributed by atoms with Crippen LogP contribution in [-0.2, 0) is 18.4 Å². The third-order valence-electron chi connectivity index (χ3n) is 5.29. The van der Waals surface area contributed by atoms with Crippen LogP contribution in [0.5, 0.6) is 0 Å². The quantitative estimate of drug-likeness (QED) is 0.0937. The Morgan fingerprint density at radius 1 is 1.00 bits per heavy atom. The number of phosphoric ester groups is 1. The summed E-state index contributed by atoms with van der Waals surface area (Å²) in [6.45, 7) is 3.82. The minimum absolute atomic E-state index is 0.0589. The third-order valence-corrected chi connectivity index (χ3v) is 6.28. The fourth-order valence-corrected chi connectivity index (χ4v) is 3.98. The SMILES string of the molecule is CCCCCCCCCCCC/C=C/C(O)C(COP(=O)(O)OCC[N+](C)(C)C)NC(C)=O. The molecule has 3 unspecified atom stereocenters. The minimum Gasteiger partial charge on any atom is -0.387 e. The highest BCUT2D eigenvalue weighted by atomic mass is 31.2. The van der Waals surface area contributed by atoms with Gasteiger partial charge in [0, 0.05) is 6.92 Å². The van der Waals surface area contributed by atoms with E-state index >= 15 is 0 Å². The first-order chi connectivity index (χ1) is 15.5. The van der Waals surface area contributed by atoms with Crippen molar-refractivity contribution in [1.82, 2.24) is 5.32 Å². The molecule has 3 atom stereocenters. The van der Waals surface area contributed by atoms with Crippen LogP contribution >= 0.6 is 7.82 Å². The number of nitrogens with zero attached hydrogens (tertiary/aromatic N) is 1. The molecule has 0 saturated heterocycles. The van der Waals surface area contributed by atoms with Crippen molar-refractivity contribution in [3.8, 4) is 0 Å². The summed E-state index contributed by atoms with van der Waals surface area (Å²) in [5.41, 5.74) is 0. The number of likely N-dealkylation sites (N-methyl/N-ethyl adjacent to an activating group) is 1. The van der Waals surface area contributed by atoms with Crippen LogP contribution in [0.2, 0.25) is 0 Å². The van der Waals surface area contributed by atoms with Gasteiger partial charge in [-0.1, -0.05) is 76.9 Å². The highest BCUT2D eigenvalue weighted by Gasteiger charge is 2.27. The zero-order chi connectivity index (χ0) is 25.2. The number of rotatable bonds is 21. The molecule has 33 heavy (non-hydrogen) atoms. The number of aliphatic hydroxyl groups excluding tert-OH is 1. The Morgan fingerprint density at radius 3 is 2.06 bits per heavy atom. The van der Waals surface area contributed by atoms with Crippen molar-refractivity contribution in [2.75, 3.05) is 40.9 Å². The molecule has 0 aromatic heterocycles. The molecule has 0 heterocycles. The lowest BCUT2D eigenvalue weighted by Gasteiger charge is -2.25. The maximum Gasteiger partial charge on any atom is 0.472 e. The van der Waals surface area contributed by atoms with E-state index in [1.807, 2.05) is 27.2 Å². The van der Waals surface area contributed by atoms with E-state index in [-0.39, 0.29) is 19.1 Å². The molecule has 3 N–H and O–H groups in total. The monoisotopic (exact) mass is 493 g/mol. The third kappa shape index (κ3) is 21.5. The minimum atomic E-state index is -4.27. The normalized spacial score (nSPS) is 16.0. The zero-order valence-electron chi connectivity index (χ0n) is 21.6. The largest absolute Gasteiger partial charge is 0.472 e. The Balaban J connectivity index is 4.21. The first-order valence-electron chi connectivity index (χ1n) is 12.5. The summed E-state index contributed by atoms with van der Waals surface area (Å²) in [6.07, 6.45) is 16.0. The second-order valence-electron chi connectivity index (χ2n) is 9.81. The van der Waals surface area contributed by atoms with Crippen LogP contribution < -0.4 is 5.32 Å². The van der Waals surface area contributed by atoms with Gasteiger partial charge in [-0.3, -0.25) is 13.8 Å². The Hall–Kier alpha value is -0.760. The summed E-state index contributed by atoms with van der Waals surface area (Å²) in [5.74, 6) is -0.357. The van der Waals surface area contributed by atoms with Crippen LogP contribution in [0.4, 0.5) is 0 Å². The molecule has 8 nitrogen and oxygen atoms in total. The molecule has 0 spiro atoms. The highest BCUT2D eigenvalue weighted by molar-refractivity contribution is 7.47. The van der Waals surface area contributed by atoms with Gasteiger partial charge in [0.1, 0.15) is 13.2 Å². The summed E-state index contributed by atoms with van der Waals surface area (Å²) in [5, 5.41) is 13.0. The second kappa shape index (κ2) is 18.6. The van der Waals surface area contributed by atoms with Gasteiger partial charge in [-0.05, 0) is 12.8 Å². The number of carbonyl (C=O) groups is 1. The van der Waals surface area contributed by atoms with Crippen LogP contribution in [0.3, 0.4) is 0 Å². The lowest BCUT2D eigenvalue weighted by Crippen LogP contribution is -2.44. The Bertz CT molecular complexity index is 580. The van der Waals surface area contributed by atoms with E-state index in [0.29, 0.717) is 11.0 Å². The lowest BCUT2D eigenvalue weighted by molar-refractivity contribution is -0.870. The van der Waals surface area contributed by atoms with Crippen molar-refractivity contribution >= 4 is 13.7 Å². The van der Waals surface area contributed by atoms with Gasteiger partial charge in [0.05, 0.1) is 39.9 Å². The summed E-state index contributed by atoms with van der Waals surface area (Å²) >= 11 is 0. The second-order valence-corrected chi connectivity index (χ2v) is 11.3. The molecule has 0 saturated carbocycles. The van der Waals surface area contributed by atoms with E-state index in [9.17, 15) is 19.4 Å². The molecular formula is C24H50N2O6P+. The first kappa shape index (κ1) is 32.2. The van der Waals surface area contributed by atoms with E-state index < -0.39 is 20.0 Å². The zero-order valence-corrected chi connectivity index (χ0v) is 22.5. The van der Waals surface area contributed by atoms with Crippen molar-refractivity contribution < 1.29 is 32.9 Å².